The molecule has 0 saturated heterocycles. The highest BCUT2D eigenvalue weighted by atomic mass is 16.5. The van der Waals surface area contributed by atoms with Crippen LogP contribution in [0.25, 0.3) is 16.9 Å². The molecule has 0 bridgehead atoms. The molecule has 5 rings (SSSR count). The lowest BCUT2D eigenvalue weighted by Gasteiger charge is -2.10. The maximum Gasteiger partial charge on any atom is 0.335 e. The third kappa shape index (κ3) is 3.26. The second-order valence-corrected chi connectivity index (χ2v) is 7.37. The van der Waals surface area contributed by atoms with Gasteiger partial charge in [-0.25, -0.2) is 14.3 Å². The number of hydrogen-bond acceptors (Lipinski definition) is 6. The molecule has 8 heteroatoms. The highest BCUT2D eigenvalue weighted by Gasteiger charge is 2.24. The molecular formula is C22H21N5O3. The standard InChI is InChI=1S/C22H21N5O3/c1-30-19-11-16(28)9-10-17(19)27-20-18(12-23-21(25-20)24-15-7-8-15)26(22(27)29)13-14-5-3-2-4-6-14/h2-6,9-12,15,28H,7-8,13H2,1H3,(H,23,24,25). The Morgan fingerprint density at radius 3 is 2.73 bits per heavy atom. The highest BCUT2D eigenvalue weighted by Crippen LogP contribution is 2.29. The van der Waals surface area contributed by atoms with E-state index in [0.29, 0.717) is 41.1 Å². The molecule has 0 amide bonds. The molecule has 4 aromatic rings. The predicted octanol–water partition coefficient (Wildman–Crippen LogP) is 2.92. The summed E-state index contributed by atoms with van der Waals surface area (Å²) in [6.45, 7) is 0.391. The number of anilines is 1. The lowest BCUT2D eigenvalue weighted by atomic mass is 10.2. The summed E-state index contributed by atoms with van der Waals surface area (Å²) in [5.74, 6) is 0.932. The average Bonchev–Trinajstić information content (AvgIpc) is 3.54. The molecule has 30 heavy (non-hydrogen) atoms. The van der Waals surface area contributed by atoms with Gasteiger partial charge in [-0.1, -0.05) is 30.3 Å². The van der Waals surface area contributed by atoms with Gasteiger partial charge in [0.05, 0.1) is 25.5 Å². The van der Waals surface area contributed by atoms with Crippen molar-refractivity contribution in [2.45, 2.75) is 25.4 Å². The molecule has 152 valence electrons. The zero-order valence-corrected chi connectivity index (χ0v) is 16.4. The maximum absolute atomic E-state index is 13.5. The van der Waals surface area contributed by atoms with Crippen molar-refractivity contribution in [2.75, 3.05) is 12.4 Å². The summed E-state index contributed by atoms with van der Waals surface area (Å²) in [5, 5.41) is 13.1. The van der Waals surface area contributed by atoms with Crippen molar-refractivity contribution in [3.8, 4) is 17.2 Å². The summed E-state index contributed by atoms with van der Waals surface area (Å²) in [6, 6.07) is 14.8. The van der Waals surface area contributed by atoms with Gasteiger partial charge < -0.3 is 15.2 Å². The SMILES string of the molecule is COc1cc(O)ccc1-n1c(=O)n(Cc2ccccc2)c2cnc(NC3CC3)nc21. The molecule has 1 aliphatic rings. The number of aromatic hydroxyl groups is 1. The van der Waals surface area contributed by atoms with Gasteiger partial charge in [0.1, 0.15) is 17.0 Å². The number of ether oxygens (including phenoxy) is 1. The minimum absolute atomic E-state index is 0.0578. The molecule has 0 aliphatic heterocycles. The van der Waals surface area contributed by atoms with Gasteiger partial charge in [-0.15, -0.1) is 0 Å². The summed E-state index contributed by atoms with van der Waals surface area (Å²) in [4.78, 5) is 22.6. The number of hydrogen-bond donors (Lipinski definition) is 2. The second kappa shape index (κ2) is 7.22. The molecule has 8 nitrogen and oxygen atoms in total. The third-order valence-corrected chi connectivity index (χ3v) is 5.17. The topological polar surface area (TPSA) is 94.2 Å². The number of phenolic OH excluding ortho intramolecular Hbond substituents is 1. The van der Waals surface area contributed by atoms with Crippen molar-refractivity contribution < 1.29 is 9.84 Å². The molecule has 0 atom stereocenters. The van der Waals surface area contributed by atoms with E-state index in [2.05, 4.69) is 15.3 Å². The number of benzene rings is 2. The van der Waals surface area contributed by atoms with Crippen LogP contribution in [0.15, 0.2) is 59.5 Å². The molecule has 0 unspecified atom stereocenters. The van der Waals surface area contributed by atoms with Crippen LogP contribution in [0.2, 0.25) is 0 Å². The number of methoxy groups -OCH3 is 1. The van der Waals surface area contributed by atoms with Crippen LogP contribution in [0.4, 0.5) is 5.95 Å². The fourth-order valence-electron chi connectivity index (χ4n) is 3.50. The molecule has 1 aliphatic carbocycles. The van der Waals surface area contributed by atoms with Crippen LogP contribution in [0.3, 0.4) is 0 Å². The number of imidazole rings is 1. The highest BCUT2D eigenvalue weighted by molar-refractivity contribution is 5.75. The summed E-state index contributed by atoms with van der Waals surface area (Å²) < 4.78 is 8.59. The van der Waals surface area contributed by atoms with Gasteiger partial charge in [-0.2, -0.15) is 4.98 Å². The minimum Gasteiger partial charge on any atom is -0.508 e. The van der Waals surface area contributed by atoms with Crippen LogP contribution in [-0.4, -0.2) is 37.4 Å². The lowest BCUT2D eigenvalue weighted by Crippen LogP contribution is -2.24. The number of nitrogens with zero attached hydrogens (tertiary/aromatic N) is 4. The van der Waals surface area contributed by atoms with Crippen LogP contribution in [0, 0.1) is 0 Å². The molecule has 2 heterocycles. The number of rotatable bonds is 6. The summed E-state index contributed by atoms with van der Waals surface area (Å²) in [7, 11) is 1.50. The Kier molecular flexibility index (Phi) is 4.39. The van der Waals surface area contributed by atoms with Crippen molar-refractivity contribution in [3.63, 3.8) is 0 Å². The second-order valence-electron chi connectivity index (χ2n) is 7.37. The Hall–Kier alpha value is -3.81. The van der Waals surface area contributed by atoms with Crippen molar-refractivity contribution in [1.82, 2.24) is 19.1 Å². The molecule has 2 aromatic heterocycles. The van der Waals surface area contributed by atoms with Crippen LogP contribution >= 0.6 is 0 Å². The van der Waals surface area contributed by atoms with Crippen LogP contribution in [0.5, 0.6) is 11.5 Å². The van der Waals surface area contributed by atoms with E-state index >= 15 is 0 Å². The van der Waals surface area contributed by atoms with E-state index in [1.165, 1.54) is 23.8 Å². The molecule has 0 spiro atoms. The largest absolute Gasteiger partial charge is 0.508 e. The summed E-state index contributed by atoms with van der Waals surface area (Å²) in [6.07, 6.45) is 3.87. The van der Waals surface area contributed by atoms with Gasteiger partial charge in [0.2, 0.25) is 5.95 Å². The zero-order valence-electron chi connectivity index (χ0n) is 16.4. The first-order valence-corrected chi connectivity index (χ1v) is 9.80. The van der Waals surface area contributed by atoms with Crippen LogP contribution < -0.4 is 15.7 Å². The number of fused-ring (bicyclic) bond motifs is 1. The Labute approximate surface area is 172 Å². The van der Waals surface area contributed by atoms with Gasteiger partial charge in [-0.3, -0.25) is 4.57 Å². The number of nitrogens with one attached hydrogen (secondary N) is 1. The van der Waals surface area contributed by atoms with Crippen molar-refractivity contribution in [3.05, 3.63) is 70.8 Å². The molecule has 2 N–H and O–H groups in total. The fourth-order valence-corrected chi connectivity index (χ4v) is 3.50. The monoisotopic (exact) mass is 403 g/mol. The molecule has 2 aromatic carbocycles. The maximum atomic E-state index is 13.5. The van der Waals surface area contributed by atoms with Crippen LogP contribution in [-0.2, 0) is 6.54 Å². The Bertz CT molecular complexity index is 1280. The van der Waals surface area contributed by atoms with Gasteiger partial charge in [0.25, 0.3) is 0 Å². The predicted molar refractivity (Wildman–Crippen MR) is 114 cm³/mol. The molecule has 1 fully saturated rings. The van der Waals surface area contributed by atoms with Crippen LogP contribution in [0.1, 0.15) is 18.4 Å². The van der Waals surface area contributed by atoms with Gasteiger partial charge >= 0.3 is 5.69 Å². The van der Waals surface area contributed by atoms with E-state index in [9.17, 15) is 9.90 Å². The number of aromatic nitrogens is 4. The molecular weight excluding hydrogens is 382 g/mol. The lowest BCUT2D eigenvalue weighted by molar-refractivity contribution is 0.405. The van der Waals surface area contributed by atoms with E-state index in [4.69, 9.17) is 4.74 Å². The van der Waals surface area contributed by atoms with Gasteiger partial charge in [0, 0.05) is 12.1 Å². The average molecular weight is 403 g/mol. The Morgan fingerprint density at radius 1 is 1.20 bits per heavy atom. The van der Waals surface area contributed by atoms with E-state index < -0.39 is 0 Å². The third-order valence-electron chi connectivity index (χ3n) is 5.17. The fraction of sp³-hybridized carbons (Fsp3) is 0.227. The van der Waals surface area contributed by atoms with E-state index in [1.54, 1.807) is 16.8 Å². The summed E-state index contributed by atoms with van der Waals surface area (Å²) >= 11 is 0. The first kappa shape index (κ1) is 18.2. The summed E-state index contributed by atoms with van der Waals surface area (Å²) in [5.41, 5.74) is 2.36. The van der Waals surface area contributed by atoms with E-state index in [1.807, 2.05) is 30.3 Å². The minimum atomic E-state index is -0.254. The Balaban J connectivity index is 1.73. The van der Waals surface area contributed by atoms with Crippen molar-refractivity contribution in [1.29, 1.82) is 0 Å². The molecule has 1 saturated carbocycles. The first-order valence-electron chi connectivity index (χ1n) is 9.80. The first-order chi connectivity index (χ1) is 14.6. The smallest absolute Gasteiger partial charge is 0.335 e. The zero-order chi connectivity index (χ0) is 20.7. The Morgan fingerprint density at radius 2 is 2.00 bits per heavy atom. The van der Waals surface area contributed by atoms with E-state index in [0.717, 1.165) is 18.4 Å². The molecule has 0 radical (unpaired) electrons. The van der Waals surface area contributed by atoms with Gasteiger partial charge in [-0.05, 0) is 30.5 Å². The van der Waals surface area contributed by atoms with Crippen molar-refractivity contribution >= 4 is 17.1 Å². The van der Waals surface area contributed by atoms with Gasteiger partial charge in [0.15, 0.2) is 5.65 Å². The number of phenols is 1. The van der Waals surface area contributed by atoms with Crippen molar-refractivity contribution in [2.24, 2.45) is 0 Å². The quantitative estimate of drug-likeness (QED) is 0.514. The van der Waals surface area contributed by atoms with E-state index in [-0.39, 0.29) is 11.4 Å². The normalized spacial score (nSPS) is 13.5.